The van der Waals surface area contributed by atoms with E-state index in [1.165, 1.54) is 19.3 Å². The van der Waals surface area contributed by atoms with E-state index in [-0.39, 0.29) is 31.6 Å². The Morgan fingerprint density at radius 2 is 1.43 bits per heavy atom. The minimum Gasteiger partial charge on any atom is -0.462 e. The molecule has 0 aliphatic heterocycles. The fourth-order valence-electron chi connectivity index (χ4n) is 3.45. The molecule has 212 valence electrons. The second-order valence-corrected chi connectivity index (χ2v) is 9.32. The van der Waals surface area contributed by atoms with Crippen LogP contribution < -0.4 is 0 Å². The fraction of sp³-hybridized carbons (Fsp3) is 0.677. The van der Waals surface area contributed by atoms with Gasteiger partial charge in [-0.1, -0.05) is 101 Å². The van der Waals surface area contributed by atoms with Gasteiger partial charge in [0.1, 0.15) is 6.61 Å². The largest absolute Gasteiger partial charge is 0.462 e. The second kappa shape index (κ2) is 26.9. The van der Waals surface area contributed by atoms with E-state index in [0.29, 0.717) is 19.3 Å². The normalized spacial score (nSPS) is 13.7. The van der Waals surface area contributed by atoms with Crippen molar-refractivity contribution in [1.82, 2.24) is 0 Å². The van der Waals surface area contributed by atoms with Gasteiger partial charge in [-0.15, -0.1) is 0 Å². The van der Waals surface area contributed by atoms with Crippen LogP contribution in [0.2, 0.25) is 0 Å². The van der Waals surface area contributed by atoms with E-state index in [1.807, 2.05) is 36.5 Å². The predicted molar refractivity (Wildman–Crippen MR) is 151 cm³/mol. The van der Waals surface area contributed by atoms with Gasteiger partial charge in [0, 0.05) is 12.8 Å². The number of rotatable bonds is 24. The SMILES string of the molecule is CCCCC/C=C\C[C@@H](O)/C=C/C=C\C/C=C\CCCC(=O)OC[C@H](CO)OC(=O)CCCCCCC. The number of aliphatic hydroxyl groups is 2. The van der Waals surface area contributed by atoms with Gasteiger partial charge in [0.25, 0.3) is 0 Å². The molecule has 0 amide bonds. The minimum atomic E-state index is -0.805. The summed E-state index contributed by atoms with van der Waals surface area (Å²) < 4.78 is 10.3. The lowest BCUT2D eigenvalue weighted by molar-refractivity contribution is -0.161. The van der Waals surface area contributed by atoms with Crippen LogP contribution in [0.15, 0.2) is 48.6 Å². The van der Waals surface area contributed by atoms with Crippen molar-refractivity contribution in [2.45, 2.75) is 122 Å². The molecule has 0 saturated heterocycles. The summed E-state index contributed by atoms with van der Waals surface area (Å²) in [6.45, 7) is 3.85. The first kappa shape index (κ1) is 34.8. The summed E-state index contributed by atoms with van der Waals surface area (Å²) in [6, 6.07) is 0. The Labute approximate surface area is 225 Å². The summed E-state index contributed by atoms with van der Waals surface area (Å²) in [7, 11) is 0. The zero-order valence-corrected chi connectivity index (χ0v) is 23.3. The quantitative estimate of drug-likeness (QED) is 0.0622. The van der Waals surface area contributed by atoms with Crippen molar-refractivity contribution < 1.29 is 29.3 Å². The number of hydrogen-bond acceptors (Lipinski definition) is 6. The summed E-state index contributed by atoms with van der Waals surface area (Å²) >= 11 is 0. The third-order valence-corrected chi connectivity index (χ3v) is 5.71. The van der Waals surface area contributed by atoms with Crippen molar-refractivity contribution in [2.75, 3.05) is 13.2 Å². The Balaban J connectivity index is 3.84. The van der Waals surface area contributed by atoms with E-state index in [9.17, 15) is 19.8 Å². The molecule has 6 nitrogen and oxygen atoms in total. The van der Waals surface area contributed by atoms with E-state index in [0.717, 1.165) is 51.4 Å². The Morgan fingerprint density at radius 3 is 2.19 bits per heavy atom. The Hall–Kier alpha value is -2.18. The van der Waals surface area contributed by atoms with Crippen molar-refractivity contribution >= 4 is 11.9 Å². The highest BCUT2D eigenvalue weighted by atomic mass is 16.6. The van der Waals surface area contributed by atoms with Crippen molar-refractivity contribution in [3.8, 4) is 0 Å². The molecule has 0 heterocycles. The van der Waals surface area contributed by atoms with Gasteiger partial charge in [0.2, 0.25) is 0 Å². The molecule has 0 rings (SSSR count). The summed E-state index contributed by atoms with van der Waals surface area (Å²) in [6.07, 6.45) is 28.0. The Morgan fingerprint density at radius 1 is 0.757 bits per heavy atom. The average Bonchev–Trinajstić information content (AvgIpc) is 2.89. The number of hydrogen-bond donors (Lipinski definition) is 2. The van der Waals surface area contributed by atoms with Gasteiger partial charge in [-0.05, 0) is 44.9 Å². The number of carbonyl (C=O) groups is 2. The molecule has 0 saturated carbocycles. The van der Waals surface area contributed by atoms with Gasteiger partial charge in [0.05, 0.1) is 12.7 Å². The molecule has 0 aromatic heterocycles. The topological polar surface area (TPSA) is 93.1 Å². The lowest BCUT2D eigenvalue weighted by Crippen LogP contribution is -2.28. The number of carbonyl (C=O) groups excluding carboxylic acids is 2. The van der Waals surface area contributed by atoms with Crippen LogP contribution in [0.25, 0.3) is 0 Å². The van der Waals surface area contributed by atoms with Crippen molar-refractivity contribution in [3.63, 3.8) is 0 Å². The Bertz CT molecular complexity index is 665. The first-order valence-electron chi connectivity index (χ1n) is 14.3. The third kappa shape index (κ3) is 25.3. The molecule has 0 aromatic rings. The van der Waals surface area contributed by atoms with Crippen LogP contribution in [0.5, 0.6) is 0 Å². The monoisotopic (exact) mass is 520 g/mol. The Kier molecular flexibility index (Phi) is 25.3. The second-order valence-electron chi connectivity index (χ2n) is 9.32. The first-order valence-corrected chi connectivity index (χ1v) is 14.3. The van der Waals surface area contributed by atoms with Crippen LogP contribution in [-0.4, -0.2) is 47.6 Å². The maximum absolute atomic E-state index is 11.9. The minimum absolute atomic E-state index is 0.116. The van der Waals surface area contributed by atoms with Gasteiger partial charge in [-0.25, -0.2) is 0 Å². The van der Waals surface area contributed by atoms with Gasteiger partial charge >= 0.3 is 11.9 Å². The standard InChI is InChI=1S/C31H52O6/c1-3-5-7-9-15-18-22-28(33)23-19-16-12-10-11-13-17-20-24-30(34)36-27-29(26-32)37-31(35)25-21-14-8-6-4-2/h11-13,15-16,18-19,23,28-29,32-33H,3-10,14,17,20-22,24-27H2,1-2H3/b13-11-,16-12-,18-15-,23-19+/t28-,29+/m1/s1. The van der Waals surface area contributed by atoms with E-state index in [4.69, 9.17) is 9.47 Å². The summed E-state index contributed by atoms with van der Waals surface area (Å²) in [5.41, 5.74) is 0. The van der Waals surface area contributed by atoms with Crippen molar-refractivity contribution in [3.05, 3.63) is 48.6 Å². The molecule has 0 aliphatic rings. The van der Waals surface area contributed by atoms with Crippen LogP contribution in [0.3, 0.4) is 0 Å². The van der Waals surface area contributed by atoms with Gasteiger partial charge in [-0.3, -0.25) is 9.59 Å². The number of allylic oxidation sites excluding steroid dienone is 6. The molecule has 0 aromatic carbocycles. The maximum Gasteiger partial charge on any atom is 0.306 e. The van der Waals surface area contributed by atoms with Crippen LogP contribution in [0.1, 0.15) is 110 Å². The fourth-order valence-corrected chi connectivity index (χ4v) is 3.45. The smallest absolute Gasteiger partial charge is 0.306 e. The number of unbranched alkanes of at least 4 members (excludes halogenated alkanes) is 8. The molecule has 6 heteroatoms. The summed E-state index contributed by atoms with van der Waals surface area (Å²) in [4.78, 5) is 23.7. The molecule has 37 heavy (non-hydrogen) atoms. The molecule has 0 aliphatic carbocycles. The zero-order valence-electron chi connectivity index (χ0n) is 23.3. The zero-order chi connectivity index (χ0) is 27.4. The molecule has 0 bridgehead atoms. The lowest BCUT2D eigenvalue weighted by Gasteiger charge is -2.15. The summed E-state index contributed by atoms with van der Waals surface area (Å²) in [5.74, 6) is -0.718. The molecular formula is C31H52O6. The van der Waals surface area contributed by atoms with Crippen LogP contribution in [-0.2, 0) is 19.1 Å². The molecule has 2 atom stereocenters. The van der Waals surface area contributed by atoms with Crippen LogP contribution in [0.4, 0.5) is 0 Å². The summed E-state index contributed by atoms with van der Waals surface area (Å²) in [5, 5.41) is 19.3. The van der Waals surface area contributed by atoms with Gasteiger partial charge < -0.3 is 19.7 Å². The highest BCUT2D eigenvalue weighted by Crippen LogP contribution is 2.08. The third-order valence-electron chi connectivity index (χ3n) is 5.71. The van der Waals surface area contributed by atoms with Gasteiger partial charge in [-0.2, -0.15) is 0 Å². The van der Waals surface area contributed by atoms with Crippen LogP contribution in [0, 0.1) is 0 Å². The highest BCUT2D eigenvalue weighted by molar-refractivity contribution is 5.70. The van der Waals surface area contributed by atoms with Crippen molar-refractivity contribution in [1.29, 1.82) is 0 Å². The van der Waals surface area contributed by atoms with Crippen molar-refractivity contribution in [2.24, 2.45) is 0 Å². The average molecular weight is 521 g/mol. The molecule has 0 fully saturated rings. The first-order chi connectivity index (χ1) is 18.0. The van der Waals surface area contributed by atoms with E-state index in [1.54, 1.807) is 6.08 Å². The maximum atomic E-state index is 11.9. The predicted octanol–water partition coefficient (Wildman–Crippen LogP) is 6.91. The van der Waals surface area contributed by atoms with E-state index in [2.05, 4.69) is 19.9 Å². The number of aliphatic hydroxyl groups excluding tert-OH is 2. The molecule has 0 unspecified atom stereocenters. The molecule has 2 N–H and O–H groups in total. The molecular weight excluding hydrogens is 468 g/mol. The highest BCUT2D eigenvalue weighted by Gasteiger charge is 2.15. The van der Waals surface area contributed by atoms with E-state index < -0.39 is 12.2 Å². The van der Waals surface area contributed by atoms with Gasteiger partial charge in [0.15, 0.2) is 6.10 Å². The number of ether oxygens (including phenoxy) is 2. The molecule has 0 radical (unpaired) electrons. The lowest BCUT2D eigenvalue weighted by atomic mass is 10.1. The number of esters is 2. The molecule has 0 spiro atoms. The van der Waals surface area contributed by atoms with Crippen LogP contribution >= 0.6 is 0 Å². The van der Waals surface area contributed by atoms with E-state index >= 15 is 0 Å².